The van der Waals surface area contributed by atoms with Crippen LogP contribution in [0.25, 0.3) is 16.6 Å². The number of para-hydroxylation sites is 1. The molecule has 0 fully saturated rings. The van der Waals surface area contributed by atoms with Crippen molar-refractivity contribution in [3.63, 3.8) is 0 Å². The van der Waals surface area contributed by atoms with Crippen molar-refractivity contribution in [1.29, 1.82) is 0 Å². The van der Waals surface area contributed by atoms with Crippen LogP contribution in [-0.4, -0.2) is 39.3 Å². The van der Waals surface area contributed by atoms with Crippen LogP contribution in [0.2, 0.25) is 0 Å². The molecule has 0 unspecified atom stereocenters. The lowest BCUT2D eigenvalue weighted by atomic mass is 9.88. The highest BCUT2D eigenvalue weighted by Gasteiger charge is 2.29. The summed E-state index contributed by atoms with van der Waals surface area (Å²) in [6.07, 6.45) is 2.79. The third-order valence-electron chi connectivity index (χ3n) is 5.73. The van der Waals surface area contributed by atoms with E-state index in [2.05, 4.69) is 22.4 Å². The van der Waals surface area contributed by atoms with Gasteiger partial charge >= 0.3 is 5.97 Å². The Kier molecular flexibility index (Phi) is 5.60. The Hall–Kier alpha value is -2.91. The molecule has 0 saturated heterocycles. The van der Waals surface area contributed by atoms with Gasteiger partial charge in [-0.05, 0) is 54.3 Å². The van der Waals surface area contributed by atoms with E-state index in [-0.39, 0.29) is 11.7 Å². The highest BCUT2D eigenvalue weighted by atomic mass is 32.2. The van der Waals surface area contributed by atoms with Crippen LogP contribution in [0.1, 0.15) is 34.1 Å². The number of benzene rings is 1. The standard InChI is InChI=1S/C23H22N4O3S2/c1-13-7-9-15-17(11-13)32-21(20(15)22(29)30-2)24-19(28)12-31-23-26-25-18-10-8-14-5-3-4-6-16(14)27(18)23/h3-6,8,10,13H,7,9,11-12H2,1-2H3,(H,24,28)/t13-/m0/s1. The Labute approximate surface area is 193 Å². The Balaban J connectivity index is 1.37. The molecule has 0 spiro atoms. The number of anilines is 1. The van der Waals surface area contributed by atoms with E-state index in [1.54, 1.807) is 0 Å². The van der Waals surface area contributed by atoms with Crippen LogP contribution in [0, 0.1) is 5.92 Å². The molecule has 164 valence electrons. The van der Waals surface area contributed by atoms with E-state index >= 15 is 0 Å². The number of pyridine rings is 1. The highest BCUT2D eigenvalue weighted by molar-refractivity contribution is 7.99. The number of rotatable bonds is 5. The molecule has 1 atom stereocenters. The zero-order valence-corrected chi connectivity index (χ0v) is 19.4. The number of amides is 1. The van der Waals surface area contributed by atoms with E-state index in [1.807, 2.05) is 40.8 Å². The van der Waals surface area contributed by atoms with E-state index in [9.17, 15) is 9.59 Å². The number of nitrogens with one attached hydrogen (secondary N) is 1. The van der Waals surface area contributed by atoms with Crippen LogP contribution in [0.15, 0.2) is 41.6 Å². The molecule has 0 saturated carbocycles. The topological polar surface area (TPSA) is 85.6 Å². The number of aromatic nitrogens is 3. The first-order chi connectivity index (χ1) is 15.5. The van der Waals surface area contributed by atoms with Crippen molar-refractivity contribution in [2.75, 3.05) is 18.2 Å². The second-order valence-electron chi connectivity index (χ2n) is 7.95. The number of carbonyl (C=O) groups is 2. The van der Waals surface area contributed by atoms with Crippen molar-refractivity contribution >= 4 is 56.5 Å². The van der Waals surface area contributed by atoms with Crippen molar-refractivity contribution in [2.45, 2.75) is 31.3 Å². The molecule has 32 heavy (non-hydrogen) atoms. The predicted octanol–water partition coefficient (Wildman–Crippen LogP) is 4.59. The van der Waals surface area contributed by atoms with Gasteiger partial charge in [0, 0.05) is 4.88 Å². The number of fused-ring (bicyclic) bond motifs is 4. The number of ether oxygens (including phenoxy) is 1. The normalized spacial score (nSPS) is 15.6. The van der Waals surface area contributed by atoms with E-state index in [4.69, 9.17) is 4.74 Å². The Morgan fingerprint density at radius 2 is 2.09 bits per heavy atom. The summed E-state index contributed by atoms with van der Waals surface area (Å²) in [5, 5.41) is 13.8. The number of thioether (sulfide) groups is 1. The molecule has 1 N–H and O–H groups in total. The molecule has 4 aromatic rings. The fourth-order valence-electron chi connectivity index (χ4n) is 4.16. The van der Waals surface area contributed by atoms with E-state index in [0.717, 1.165) is 41.4 Å². The molecule has 0 bridgehead atoms. The molecule has 3 heterocycles. The largest absolute Gasteiger partial charge is 0.465 e. The summed E-state index contributed by atoms with van der Waals surface area (Å²) in [5.74, 6) is 0.143. The van der Waals surface area contributed by atoms with Crippen LogP contribution < -0.4 is 5.32 Å². The number of hydrogen-bond acceptors (Lipinski definition) is 7. The third-order valence-corrected chi connectivity index (χ3v) is 7.83. The third kappa shape index (κ3) is 3.75. The Morgan fingerprint density at radius 3 is 2.94 bits per heavy atom. The number of methoxy groups -OCH3 is 1. The van der Waals surface area contributed by atoms with Gasteiger partial charge in [0.25, 0.3) is 0 Å². The molecule has 1 aliphatic carbocycles. The molecule has 9 heteroatoms. The summed E-state index contributed by atoms with van der Waals surface area (Å²) in [6.45, 7) is 2.21. The van der Waals surface area contributed by atoms with Gasteiger partial charge in [-0.2, -0.15) is 0 Å². The van der Waals surface area contributed by atoms with Gasteiger partial charge in [0.15, 0.2) is 10.8 Å². The number of carbonyl (C=O) groups excluding carboxylic acids is 2. The summed E-state index contributed by atoms with van der Waals surface area (Å²) < 4.78 is 6.96. The van der Waals surface area contributed by atoms with Gasteiger partial charge < -0.3 is 10.1 Å². The molecule has 1 aromatic carbocycles. The smallest absolute Gasteiger partial charge is 0.341 e. The average Bonchev–Trinajstić information content (AvgIpc) is 3.37. The molecule has 5 rings (SSSR count). The summed E-state index contributed by atoms with van der Waals surface area (Å²) in [4.78, 5) is 26.4. The van der Waals surface area contributed by atoms with Crippen molar-refractivity contribution in [3.8, 4) is 0 Å². The van der Waals surface area contributed by atoms with Crippen molar-refractivity contribution in [3.05, 3.63) is 52.4 Å². The van der Waals surface area contributed by atoms with Crippen LogP contribution in [-0.2, 0) is 22.4 Å². The lowest BCUT2D eigenvalue weighted by Gasteiger charge is -2.18. The first-order valence-electron chi connectivity index (χ1n) is 10.4. The molecule has 1 aliphatic rings. The van der Waals surface area contributed by atoms with Crippen molar-refractivity contribution in [1.82, 2.24) is 14.6 Å². The summed E-state index contributed by atoms with van der Waals surface area (Å²) in [6, 6.07) is 11.9. The minimum absolute atomic E-state index is 0.156. The molecule has 7 nitrogen and oxygen atoms in total. The fraction of sp³-hybridized carbons (Fsp3) is 0.304. The molecule has 1 amide bonds. The molecule has 0 radical (unpaired) electrons. The lowest BCUT2D eigenvalue weighted by Crippen LogP contribution is -2.17. The maximum absolute atomic E-state index is 12.8. The first-order valence-corrected chi connectivity index (χ1v) is 12.2. The number of nitrogens with zero attached hydrogens (tertiary/aromatic N) is 3. The van der Waals surface area contributed by atoms with Crippen LogP contribution in [0.5, 0.6) is 0 Å². The fourth-order valence-corrected chi connectivity index (χ4v) is 6.32. The Morgan fingerprint density at radius 1 is 1.25 bits per heavy atom. The number of thiophene rings is 1. The molecule has 3 aromatic heterocycles. The maximum atomic E-state index is 12.8. The molecular formula is C23H22N4O3S2. The quantitative estimate of drug-likeness (QED) is 0.342. The minimum atomic E-state index is -0.394. The molecular weight excluding hydrogens is 444 g/mol. The monoisotopic (exact) mass is 466 g/mol. The van der Waals surface area contributed by atoms with E-state index in [1.165, 1.54) is 35.1 Å². The lowest BCUT2D eigenvalue weighted by molar-refractivity contribution is -0.113. The van der Waals surface area contributed by atoms with Gasteiger partial charge in [0.2, 0.25) is 5.91 Å². The van der Waals surface area contributed by atoms with Crippen LogP contribution >= 0.6 is 23.1 Å². The van der Waals surface area contributed by atoms with Crippen molar-refractivity contribution < 1.29 is 14.3 Å². The van der Waals surface area contributed by atoms with Gasteiger partial charge in [-0.3, -0.25) is 9.20 Å². The van der Waals surface area contributed by atoms with E-state index in [0.29, 0.717) is 21.6 Å². The van der Waals surface area contributed by atoms with E-state index < -0.39 is 5.97 Å². The summed E-state index contributed by atoms with van der Waals surface area (Å²) in [5.41, 5.74) is 3.26. The van der Waals surface area contributed by atoms with Gasteiger partial charge in [-0.25, -0.2) is 4.79 Å². The van der Waals surface area contributed by atoms with Crippen molar-refractivity contribution in [2.24, 2.45) is 5.92 Å². The van der Waals surface area contributed by atoms with Gasteiger partial charge in [-0.1, -0.05) is 36.9 Å². The first kappa shape index (κ1) is 21.0. The number of esters is 1. The average molecular weight is 467 g/mol. The van der Waals surface area contributed by atoms with Gasteiger partial charge in [0.1, 0.15) is 5.00 Å². The minimum Gasteiger partial charge on any atom is -0.465 e. The summed E-state index contributed by atoms with van der Waals surface area (Å²) in [7, 11) is 1.38. The zero-order valence-electron chi connectivity index (χ0n) is 17.8. The second kappa shape index (κ2) is 8.55. The van der Waals surface area contributed by atoms with Crippen LogP contribution in [0.3, 0.4) is 0 Å². The predicted molar refractivity (Wildman–Crippen MR) is 127 cm³/mol. The second-order valence-corrected chi connectivity index (χ2v) is 10.0. The maximum Gasteiger partial charge on any atom is 0.341 e. The zero-order chi connectivity index (χ0) is 22.2. The van der Waals surface area contributed by atoms with Gasteiger partial charge in [0.05, 0.1) is 23.9 Å². The Bertz CT molecular complexity index is 1340. The molecule has 0 aliphatic heterocycles. The summed E-state index contributed by atoms with van der Waals surface area (Å²) >= 11 is 2.81. The highest BCUT2D eigenvalue weighted by Crippen LogP contribution is 2.40. The number of hydrogen-bond donors (Lipinski definition) is 1. The van der Waals surface area contributed by atoms with Gasteiger partial charge in [-0.15, -0.1) is 21.5 Å². The van der Waals surface area contributed by atoms with Crippen LogP contribution in [0.4, 0.5) is 5.00 Å². The SMILES string of the molecule is COC(=O)c1c(NC(=O)CSc2nnc3ccc4ccccc4n23)sc2c1CC[C@H](C)C2.